The van der Waals surface area contributed by atoms with Crippen molar-refractivity contribution in [2.75, 3.05) is 5.73 Å². The largest absolute Gasteiger partial charge is 0.507 e. The number of nitrogens with two attached hydrogens (primary N) is 1. The van der Waals surface area contributed by atoms with Crippen molar-refractivity contribution in [1.82, 2.24) is 15.0 Å². The second-order valence-electron chi connectivity index (χ2n) is 4.67. The van der Waals surface area contributed by atoms with Crippen molar-refractivity contribution >= 4 is 18.1 Å². The molecule has 0 saturated carbocycles. The van der Waals surface area contributed by atoms with E-state index in [1.807, 2.05) is 19.1 Å². The molecule has 1 aromatic carbocycles. The van der Waals surface area contributed by atoms with Crippen molar-refractivity contribution in [3.8, 4) is 17.1 Å². The average Bonchev–Trinajstić information content (AvgIpc) is 2.91. The first-order valence-corrected chi connectivity index (χ1v) is 6.66. The number of para-hydroxylation sites is 1. The predicted molar refractivity (Wildman–Crippen MR) is 83.7 cm³/mol. The van der Waals surface area contributed by atoms with Gasteiger partial charge in [0, 0.05) is 0 Å². The molecule has 6 nitrogen and oxygen atoms in total. The zero-order valence-corrected chi connectivity index (χ0v) is 11.9. The first-order chi connectivity index (χ1) is 10.6. The van der Waals surface area contributed by atoms with Gasteiger partial charge in [-0.05, 0) is 43.3 Å². The SMILES string of the molecule is Cc1ccc(/C=C/c2nc(N)nc(-c3ccccc3O)n2)o1. The molecular formula is C16H14N4O2. The summed E-state index contributed by atoms with van der Waals surface area (Å²) in [6.07, 6.45) is 3.43. The number of nitrogens with zero attached hydrogens (tertiary/aromatic N) is 3. The zero-order chi connectivity index (χ0) is 15.5. The average molecular weight is 294 g/mol. The summed E-state index contributed by atoms with van der Waals surface area (Å²) in [4.78, 5) is 12.4. The highest BCUT2D eigenvalue weighted by atomic mass is 16.3. The minimum Gasteiger partial charge on any atom is -0.507 e. The molecule has 0 saturated heterocycles. The van der Waals surface area contributed by atoms with Crippen LogP contribution in [0.15, 0.2) is 40.8 Å². The smallest absolute Gasteiger partial charge is 0.224 e. The number of anilines is 1. The Morgan fingerprint density at radius 1 is 1.05 bits per heavy atom. The van der Waals surface area contributed by atoms with E-state index in [9.17, 15) is 5.11 Å². The third-order valence-electron chi connectivity index (χ3n) is 2.97. The summed E-state index contributed by atoms with van der Waals surface area (Å²) in [5.41, 5.74) is 6.22. The molecule has 3 N–H and O–H groups in total. The number of rotatable bonds is 3. The topological polar surface area (TPSA) is 98.1 Å². The van der Waals surface area contributed by atoms with Crippen LogP contribution in [0.1, 0.15) is 17.3 Å². The predicted octanol–water partition coefficient (Wildman–Crippen LogP) is 2.90. The van der Waals surface area contributed by atoms with Gasteiger partial charge in [-0.3, -0.25) is 0 Å². The van der Waals surface area contributed by atoms with Gasteiger partial charge in [-0.1, -0.05) is 12.1 Å². The van der Waals surface area contributed by atoms with E-state index >= 15 is 0 Å². The Labute approximate surface area is 127 Å². The highest BCUT2D eigenvalue weighted by Gasteiger charge is 2.09. The maximum absolute atomic E-state index is 9.88. The molecule has 22 heavy (non-hydrogen) atoms. The number of aromatic nitrogens is 3. The fraction of sp³-hybridized carbons (Fsp3) is 0.0625. The van der Waals surface area contributed by atoms with Gasteiger partial charge in [0.1, 0.15) is 17.3 Å². The minimum absolute atomic E-state index is 0.0866. The molecule has 0 fully saturated rings. The summed E-state index contributed by atoms with van der Waals surface area (Å²) in [5, 5.41) is 9.88. The van der Waals surface area contributed by atoms with Crippen molar-refractivity contribution in [2.24, 2.45) is 0 Å². The lowest BCUT2D eigenvalue weighted by molar-refractivity contribution is 0.477. The zero-order valence-electron chi connectivity index (χ0n) is 11.9. The standard InChI is InChI=1S/C16H14N4O2/c1-10-6-7-11(22-10)8-9-14-18-15(20-16(17)19-14)12-4-2-3-5-13(12)21/h2-9,21H,1H3,(H2,17,18,19,20)/b9-8+. The number of benzene rings is 1. The van der Waals surface area contributed by atoms with E-state index in [2.05, 4.69) is 15.0 Å². The molecular weight excluding hydrogens is 280 g/mol. The summed E-state index contributed by atoms with van der Waals surface area (Å²) in [6.45, 7) is 1.87. The van der Waals surface area contributed by atoms with E-state index in [4.69, 9.17) is 10.2 Å². The van der Waals surface area contributed by atoms with E-state index in [0.717, 1.165) is 5.76 Å². The molecule has 0 aliphatic rings. The van der Waals surface area contributed by atoms with Crippen molar-refractivity contribution in [3.63, 3.8) is 0 Å². The summed E-state index contributed by atoms with van der Waals surface area (Å²) < 4.78 is 5.44. The normalized spacial score (nSPS) is 11.1. The van der Waals surface area contributed by atoms with Gasteiger partial charge in [-0.2, -0.15) is 9.97 Å². The van der Waals surface area contributed by atoms with Gasteiger partial charge < -0.3 is 15.3 Å². The van der Waals surface area contributed by atoms with Crippen LogP contribution in [0.5, 0.6) is 5.75 Å². The fourth-order valence-corrected chi connectivity index (χ4v) is 1.97. The number of hydrogen-bond donors (Lipinski definition) is 2. The van der Waals surface area contributed by atoms with Crippen LogP contribution in [0, 0.1) is 6.92 Å². The van der Waals surface area contributed by atoms with Crippen LogP contribution < -0.4 is 5.73 Å². The highest BCUT2D eigenvalue weighted by molar-refractivity contribution is 5.68. The molecule has 0 bridgehead atoms. The van der Waals surface area contributed by atoms with Crippen LogP contribution in [0.2, 0.25) is 0 Å². The Morgan fingerprint density at radius 3 is 2.59 bits per heavy atom. The summed E-state index contributed by atoms with van der Waals surface area (Å²) in [5.74, 6) is 2.40. The number of phenols is 1. The van der Waals surface area contributed by atoms with Crippen LogP contribution in [-0.4, -0.2) is 20.1 Å². The third kappa shape index (κ3) is 2.95. The monoisotopic (exact) mass is 294 g/mol. The summed E-state index contributed by atoms with van der Waals surface area (Å²) in [7, 11) is 0. The molecule has 0 aliphatic carbocycles. The van der Waals surface area contributed by atoms with Crippen LogP contribution in [0.4, 0.5) is 5.95 Å². The minimum atomic E-state index is 0.0866. The number of phenolic OH excluding ortho intramolecular Hbond substituents is 1. The number of furan rings is 1. The lowest BCUT2D eigenvalue weighted by atomic mass is 10.2. The molecule has 2 aromatic heterocycles. The van der Waals surface area contributed by atoms with Gasteiger partial charge >= 0.3 is 0 Å². The Morgan fingerprint density at radius 2 is 1.86 bits per heavy atom. The van der Waals surface area contributed by atoms with E-state index in [0.29, 0.717) is 23.0 Å². The molecule has 6 heteroatoms. The van der Waals surface area contributed by atoms with E-state index in [1.165, 1.54) is 0 Å². The molecule has 0 radical (unpaired) electrons. The Bertz CT molecular complexity index is 840. The van der Waals surface area contributed by atoms with Crippen LogP contribution in [0.25, 0.3) is 23.5 Å². The van der Waals surface area contributed by atoms with Crippen molar-refractivity contribution in [3.05, 3.63) is 53.7 Å². The fourth-order valence-electron chi connectivity index (χ4n) is 1.97. The van der Waals surface area contributed by atoms with Gasteiger partial charge in [0.15, 0.2) is 11.6 Å². The van der Waals surface area contributed by atoms with Crippen molar-refractivity contribution in [2.45, 2.75) is 6.92 Å². The number of aromatic hydroxyl groups is 1. The maximum Gasteiger partial charge on any atom is 0.224 e. The first-order valence-electron chi connectivity index (χ1n) is 6.66. The van der Waals surface area contributed by atoms with E-state index in [1.54, 1.807) is 36.4 Å². The quantitative estimate of drug-likeness (QED) is 0.770. The second kappa shape index (κ2) is 5.69. The van der Waals surface area contributed by atoms with Crippen molar-refractivity contribution < 1.29 is 9.52 Å². The van der Waals surface area contributed by atoms with E-state index < -0.39 is 0 Å². The van der Waals surface area contributed by atoms with Gasteiger partial charge in [0.2, 0.25) is 5.95 Å². The molecule has 2 heterocycles. The van der Waals surface area contributed by atoms with Gasteiger partial charge in [-0.25, -0.2) is 4.98 Å². The van der Waals surface area contributed by atoms with Crippen LogP contribution >= 0.6 is 0 Å². The van der Waals surface area contributed by atoms with Gasteiger partial charge in [-0.15, -0.1) is 0 Å². The molecule has 3 aromatic rings. The third-order valence-corrected chi connectivity index (χ3v) is 2.97. The van der Waals surface area contributed by atoms with Crippen LogP contribution in [-0.2, 0) is 0 Å². The van der Waals surface area contributed by atoms with Crippen LogP contribution in [0.3, 0.4) is 0 Å². The number of aryl methyl sites for hydroxylation is 1. The molecule has 0 spiro atoms. The lowest BCUT2D eigenvalue weighted by Gasteiger charge is -2.04. The van der Waals surface area contributed by atoms with E-state index in [-0.39, 0.29) is 11.7 Å². The Kier molecular flexibility index (Phi) is 3.57. The molecule has 0 aliphatic heterocycles. The molecule has 3 rings (SSSR count). The molecule has 0 atom stereocenters. The Hall–Kier alpha value is -3.15. The Balaban J connectivity index is 1.97. The van der Waals surface area contributed by atoms with Gasteiger partial charge in [0.05, 0.1) is 5.56 Å². The van der Waals surface area contributed by atoms with Crippen molar-refractivity contribution in [1.29, 1.82) is 0 Å². The van der Waals surface area contributed by atoms with Gasteiger partial charge in [0.25, 0.3) is 0 Å². The number of nitrogen functional groups attached to an aromatic ring is 1. The second-order valence-corrected chi connectivity index (χ2v) is 4.67. The molecule has 0 unspecified atom stereocenters. The molecule has 110 valence electrons. The highest BCUT2D eigenvalue weighted by Crippen LogP contribution is 2.26. The lowest BCUT2D eigenvalue weighted by Crippen LogP contribution is -2.02. The maximum atomic E-state index is 9.88. The number of hydrogen-bond acceptors (Lipinski definition) is 6. The summed E-state index contributed by atoms with van der Waals surface area (Å²) >= 11 is 0. The first kappa shape index (κ1) is 13.8. The molecule has 0 amide bonds. The summed E-state index contributed by atoms with van der Waals surface area (Å²) in [6, 6.07) is 10.5.